The zero-order valence-electron chi connectivity index (χ0n) is 15.6. The first-order valence-corrected chi connectivity index (χ1v) is 10.5. The summed E-state index contributed by atoms with van der Waals surface area (Å²) in [6.45, 7) is 3.68. The van der Waals surface area contributed by atoms with Crippen molar-refractivity contribution in [2.45, 2.75) is 43.1 Å². The van der Waals surface area contributed by atoms with Crippen molar-refractivity contribution < 1.29 is 4.79 Å². The van der Waals surface area contributed by atoms with Crippen molar-refractivity contribution >= 4 is 45.9 Å². The number of nitrogens with one attached hydrogen (secondary N) is 1. The van der Waals surface area contributed by atoms with Gasteiger partial charge in [-0.25, -0.2) is 4.98 Å². The second-order valence-corrected chi connectivity index (χ2v) is 8.69. The number of rotatable bonds is 5. The van der Waals surface area contributed by atoms with Gasteiger partial charge in [0.05, 0.1) is 16.2 Å². The second-order valence-electron chi connectivity index (χ2n) is 6.98. The van der Waals surface area contributed by atoms with Gasteiger partial charge in [0.1, 0.15) is 0 Å². The van der Waals surface area contributed by atoms with Crippen LogP contribution in [0.1, 0.15) is 31.4 Å². The smallest absolute Gasteiger partial charge is 0.262 e. The van der Waals surface area contributed by atoms with Crippen molar-refractivity contribution in [1.82, 2.24) is 9.55 Å². The summed E-state index contributed by atoms with van der Waals surface area (Å²) in [6.07, 6.45) is 1.94. The lowest BCUT2D eigenvalue weighted by Crippen LogP contribution is -2.26. The van der Waals surface area contributed by atoms with Crippen LogP contribution in [0.25, 0.3) is 10.9 Å². The molecule has 1 aliphatic rings. The highest BCUT2D eigenvalue weighted by Gasteiger charge is 2.30. The van der Waals surface area contributed by atoms with Gasteiger partial charge in [0.15, 0.2) is 5.16 Å². The van der Waals surface area contributed by atoms with Gasteiger partial charge < -0.3 is 5.32 Å². The number of thioether (sulfide) groups is 1. The molecular formula is C21H20ClN3O2S. The molecule has 0 spiro atoms. The fourth-order valence-corrected chi connectivity index (χ4v) is 4.21. The summed E-state index contributed by atoms with van der Waals surface area (Å²) < 4.78 is 1.75. The number of carbonyl (C=O) groups is 1. The number of aromatic nitrogens is 2. The molecule has 0 saturated heterocycles. The van der Waals surface area contributed by atoms with Crippen LogP contribution in [0.3, 0.4) is 0 Å². The van der Waals surface area contributed by atoms with E-state index in [1.165, 1.54) is 11.8 Å². The number of fused-ring (bicyclic) bond motifs is 1. The topological polar surface area (TPSA) is 64.0 Å². The largest absolute Gasteiger partial charge is 0.325 e. The summed E-state index contributed by atoms with van der Waals surface area (Å²) in [5.74, 6) is -0.153. The Balaban J connectivity index is 1.62. The van der Waals surface area contributed by atoms with Crippen LogP contribution >= 0.6 is 23.4 Å². The highest BCUT2D eigenvalue weighted by atomic mass is 35.5. The maximum atomic E-state index is 12.9. The first-order valence-electron chi connectivity index (χ1n) is 9.19. The average Bonchev–Trinajstić information content (AvgIpc) is 3.50. The van der Waals surface area contributed by atoms with Crippen molar-refractivity contribution in [2.24, 2.45) is 0 Å². The molecular weight excluding hydrogens is 394 g/mol. The Morgan fingerprint density at radius 1 is 1.25 bits per heavy atom. The third-order valence-corrected chi connectivity index (χ3v) is 6.34. The second kappa shape index (κ2) is 7.60. The number of hydrogen-bond donors (Lipinski definition) is 1. The van der Waals surface area contributed by atoms with Crippen LogP contribution < -0.4 is 10.9 Å². The van der Waals surface area contributed by atoms with E-state index in [4.69, 9.17) is 11.6 Å². The van der Waals surface area contributed by atoms with Gasteiger partial charge in [-0.3, -0.25) is 14.2 Å². The number of hydrogen-bond acceptors (Lipinski definition) is 4. The van der Waals surface area contributed by atoms with Crippen LogP contribution in [0.4, 0.5) is 5.69 Å². The minimum atomic E-state index is -0.420. The van der Waals surface area contributed by atoms with Gasteiger partial charge >= 0.3 is 0 Å². The van der Waals surface area contributed by atoms with Crippen LogP contribution in [0.15, 0.2) is 52.4 Å². The fourth-order valence-electron chi connectivity index (χ4n) is 3.05. The van der Waals surface area contributed by atoms with Gasteiger partial charge in [0.25, 0.3) is 5.56 Å². The van der Waals surface area contributed by atoms with Gasteiger partial charge in [-0.05, 0) is 56.5 Å². The third kappa shape index (κ3) is 3.66. The molecule has 1 aliphatic carbocycles. The molecule has 1 saturated carbocycles. The molecule has 0 aliphatic heterocycles. The van der Waals surface area contributed by atoms with E-state index >= 15 is 0 Å². The number of nitrogens with zero attached hydrogens (tertiary/aromatic N) is 2. The Morgan fingerprint density at radius 3 is 2.75 bits per heavy atom. The first-order chi connectivity index (χ1) is 13.5. The normalized spacial score (nSPS) is 14.8. The van der Waals surface area contributed by atoms with Crippen molar-refractivity contribution in [1.29, 1.82) is 0 Å². The summed E-state index contributed by atoms with van der Waals surface area (Å²) in [5, 5.41) is 4.33. The fraction of sp³-hybridized carbons (Fsp3) is 0.286. The minimum absolute atomic E-state index is 0.0334. The van der Waals surface area contributed by atoms with Crippen molar-refractivity contribution in [2.75, 3.05) is 5.32 Å². The average molecular weight is 414 g/mol. The number of benzene rings is 2. The Bertz CT molecular complexity index is 1120. The lowest BCUT2D eigenvalue weighted by Gasteiger charge is -2.17. The van der Waals surface area contributed by atoms with Crippen LogP contribution in [0, 0.1) is 6.92 Å². The number of para-hydroxylation sites is 1. The SMILES string of the molecule is Cc1c(Cl)cccc1NC(=O)[C@@H](C)Sc1nc2ccccc2c(=O)n1C1CC1. The monoisotopic (exact) mass is 413 g/mol. The molecule has 1 heterocycles. The molecule has 4 rings (SSSR count). The molecule has 0 unspecified atom stereocenters. The summed E-state index contributed by atoms with van der Waals surface area (Å²) in [5.41, 5.74) is 2.14. The molecule has 7 heteroatoms. The Hall–Kier alpha value is -2.31. The van der Waals surface area contributed by atoms with E-state index in [-0.39, 0.29) is 17.5 Å². The number of carbonyl (C=O) groups excluding carboxylic acids is 1. The van der Waals surface area contributed by atoms with E-state index in [2.05, 4.69) is 10.3 Å². The highest BCUT2D eigenvalue weighted by molar-refractivity contribution is 8.00. The molecule has 1 atom stereocenters. The van der Waals surface area contributed by atoms with Crippen LogP contribution in [0.5, 0.6) is 0 Å². The maximum absolute atomic E-state index is 12.9. The van der Waals surface area contributed by atoms with E-state index in [1.54, 1.807) is 22.8 Å². The minimum Gasteiger partial charge on any atom is -0.325 e. The van der Waals surface area contributed by atoms with Crippen molar-refractivity contribution in [3.8, 4) is 0 Å². The van der Waals surface area contributed by atoms with Crippen molar-refractivity contribution in [3.05, 3.63) is 63.4 Å². The molecule has 144 valence electrons. The molecule has 0 bridgehead atoms. The predicted octanol–water partition coefficient (Wildman–Crippen LogP) is 4.81. The van der Waals surface area contributed by atoms with E-state index in [1.807, 2.05) is 38.1 Å². The zero-order chi connectivity index (χ0) is 19.8. The van der Waals surface area contributed by atoms with Gasteiger partial charge in [-0.2, -0.15) is 0 Å². The molecule has 3 aromatic rings. The highest BCUT2D eigenvalue weighted by Crippen LogP contribution is 2.37. The van der Waals surface area contributed by atoms with E-state index in [0.717, 1.165) is 18.4 Å². The number of halogens is 1. The zero-order valence-corrected chi connectivity index (χ0v) is 17.2. The van der Waals surface area contributed by atoms with Crippen molar-refractivity contribution in [3.63, 3.8) is 0 Å². The standard InChI is InChI=1S/C21H20ClN3O2S/c1-12-16(22)7-5-9-17(12)23-19(26)13(2)28-21-24-18-8-4-3-6-15(18)20(27)25(21)14-10-11-14/h3-9,13-14H,10-11H2,1-2H3,(H,23,26)/t13-/m1/s1. The molecule has 5 nitrogen and oxygen atoms in total. The maximum Gasteiger partial charge on any atom is 0.262 e. The Kier molecular flexibility index (Phi) is 5.17. The van der Waals surface area contributed by atoms with Gasteiger partial charge in [-0.1, -0.05) is 41.6 Å². The molecule has 1 fully saturated rings. The number of anilines is 1. The van der Waals surface area contributed by atoms with Crippen LogP contribution in [-0.4, -0.2) is 20.7 Å². The molecule has 2 aromatic carbocycles. The summed E-state index contributed by atoms with van der Waals surface area (Å²) >= 11 is 7.45. The van der Waals surface area contributed by atoms with Gasteiger partial charge in [0.2, 0.25) is 5.91 Å². The molecule has 1 N–H and O–H groups in total. The van der Waals surface area contributed by atoms with Crippen LogP contribution in [0.2, 0.25) is 5.02 Å². The third-order valence-electron chi connectivity index (χ3n) is 4.86. The lowest BCUT2D eigenvalue weighted by atomic mass is 10.2. The predicted molar refractivity (Wildman–Crippen MR) is 114 cm³/mol. The van der Waals surface area contributed by atoms with E-state index in [0.29, 0.717) is 26.8 Å². The summed E-state index contributed by atoms with van der Waals surface area (Å²) in [6, 6.07) is 12.9. The lowest BCUT2D eigenvalue weighted by molar-refractivity contribution is -0.115. The Morgan fingerprint density at radius 2 is 2.00 bits per heavy atom. The molecule has 0 radical (unpaired) electrons. The number of amides is 1. The molecule has 1 amide bonds. The molecule has 28 heavy (non-hydrogen) atoms. The molecule has 1 aromatic heterocycles. The Labute approximate surface area is 172 Å². The van der Waals surface area contributed by atoms with E-state index < -0.39 is 5.25 Å². The van der Waals surface area contributed by atoms with E-state index in [9.17, 15) is 9.59 Å². The summed E-state index contributed by atoms with van der Waals surface area (Å²) in [7, 11) is 0. The summed E-state index contributed by atoms with van der Waals surface area (Å²) in [4.78, 5) is 30.4. The first kappa shape index (κ1) is 19.0. The quantitative estimate of drug-likeness (QED) is 0.481. The van der Waals surface area contributed by atoms with Gasteiger partial charge in [-0.15, -0.1) is 0 Å². The van der Waals surface area contributed by atoms with Crippen LogP contribution in [-0.2, 0) is 4.79 Å². The van der Waals surface area contributed by atoms with Gasteiger partial charge in [0, 0.05) is 16.8 Å².